The molecule has 0 aromatic heterocycles. The van der Waals surface area contributed by atoms with Gasteiger partial charge in [-0.1, -0.05) is 13.8 Å². The van der Waals surface area contributed by atoms with E-state index < -0.39 is 0 Å². The van der Waals surface area contributed by atoms with E-state index in [1.165, 1.54) is 0 Å². The molecule has 1 saturated heterocycles. The summed E-state index contributed by atoms with van der Waals surface area (Å²) in [5.41, 5.74) is 0. The maximum atomic E-state index is 11.8. The van der Waals surface area contributed by atoms with Gasteiger partial charge in [0.1, 0.15) is 0 Å². The summed E-state index contributed by atoms with van der Waals surface area (Å²) in [5, 5.41) is 0. The van der Waals surface area contributed by atoms with Gasteiger partial charge in [-0.3, -0.25) is 4.79 Å². The quantitative estimate of drug-likeness (QED) is 0.692. The highest BCUT2D eigenvalue weighted by Crippen LogP contribution is 2.21. The van der Waals surface area contributed by atoms with Crippen molar-refractivity contribution >= 4 is 5.91 Å². The zero-order valence-corrected chi connectivity index (χ0v) is 9.62. The molecule has 14 heavy (non-hydrogen) atoms. The van der Waals surface area contributed by atoms with Crippen molar-refractivity contribution in [2.75, 3.05) is 13.7 Å². The number of likely N-dealkylation sites (tertiary alicyclic amines) is 1. The monoisotopic (exact) mass is 199 g/mol. The van der Waals surface area contributed by atoms with Gasteiger partial charge in [0.25, 0.3) is 0 Å². The van der Waals surface area contributed by atoms with E-state index in [4.69, 9.17) is 4.74 Å². The second-order valence-electron chi connectivity index (χ2n) is 4.59. The Balaban J connectivity index is 2.48. The lowest BCUT2D eigenvalue weighted by molar-refractivity contribution is -0.132. The molecule has 3 nitrogen and oxygen atoms in total. The molecule has 0 N–H and O–H groups in total. The van der Waals surface area contributed by atoms with Crippen molar-refractivity contribution in [1.82, 2.24) is 4.90 Å². The van der Waals surface area contributed by atoms with Gasteiger partial charge in [-0.15, -0.1) is 0 Å². The first-order valence-corrected chi connectivity index (χ1v) is 5.36. The van der Waals surface area contributed by atoms with Crippen LogP contribution in [0.25, 0.3) is 0 Å². The molecule has 2 atom stereocenters. The van der Waals surface area contributed by atoms with Crippen LogP contribution in [0, 0.1) is 5.92 Å². The second-order valence-corrected chi connectivity index (χ2v) is 4.59. The van der Waals surface area contributed by atoms with Gasteiger partial charge in [0, 0.05) is 26.1 Å². The second kappa shape index (κ2) is 4.78. The number of hydrogen-bond donors (Lipinski definition) is 0. The highest BCUT2D eigenvalue weighted by atomic mass is 16.5. The minimum absolute atomic E-state index is 0.237. The molecule has 1 rings (SSSR count). The Morgan fingerprint density at radius 3 is 2.64 bits per heavy atom. The van der Waals surface area contributed by atoms with Crippen molar-refractivity contribution in [1.29, 1.82) is 0 Å². The number of rotatable bonds is 3. The summed E-state index contributed by atoms with van der Waals surface area (Å²) in [6.07, 6.45) is 1.86. The van der Waals surface area contributed by atoms with E-state index in [1.807, 2.05) is 4.90 Å². The van der Waals surface area contributed by atoms with Crippen LogP contribution in [0.1, 0.15) is 33.6 Å². The number of amides is 1. The molecule has 0 bridgehead atoms. The number of nitrogens with zero attached hydrogens (tertiary/aromatic N) is 1. The van der Waals surface area contributed by atoms with Gasteiger partial charge in [0.05, 0.1) is 6.10 Å². The molecule has 3 heteroatoms. The van der Waals surface area contributed by atoms with Crippen LogP contribution >= 0.6 is 0 Å². The van der Waals surface area contributed by atoms with E-state index in [-0.39, 0.29) is 12.0 Å². The molecule has 0 spiro atoms. The molecule has 1 heterocycles. The number of carbonyl (C=O) groups is 1. The third kappa shape index (κ3) is 2.71. The third-order valence-corrected chi connectivity index (χ3v) is 2.77. The highest BCUT2D eigenvalue weighted by Gasteiger charge is 2.32. The lowest BCUT2D eigenvalue weighted by atomic mass is 10.1. The van der Waals surface area contributed by atoms with Gasteiger partial charge < -0.3 is 9.64 Å². The summed E-state index contributed by atoms with van der Waals surface area (Å²) in [6.45, 7) is 7.01. The predicted octanol–water partition coefficient (Wildman–Crippen LogP) is 1.67. The van der Waals surface area contributed by atoms with Gasteiger partial charge in [0.15, 0.2) is 0 Å². The summed E-state index contributed by atoms with van der Waals surface area (Å²) in [7, 11) is 1.72. The zero-order valence-electron chi connectivity index (χ0n) is 9.62. The molecule has 0 unspecified atom stereocenters. The topological polar surface area (TPSA) is 29.5 Å². The van der Waals surface area contributed by atoms with E-state index in [1.54, 1.807) is 7.11 Å². The first-order valence-electron chi connectivity index (χ1n) is 5.36. The van der Waals surface area contributed by atoms with Crippen LogP contribution in [0.15, 0.2) is 0 Å². The highest BCUT2D eigenvalue weighted by molar-refractivity contribution is 5.77. The Labute approximate surface area is 86.4 Å². The number of carbonyl (C=O) groups excluding carboxylic acids is 1. The van der Waals surface area contributed by atoms with Crippen molar-refractivity contribution in [2.45, 2.75) is 45.8 Å². The van der Waals surface area contributed by atoms with Crippen LogP contribution in [0.4, 0.5) is 0 Å². The minimum atomic E-state index is 0.237. The number of hydrogen-bond acceptors (Lipinski definition) is 2. The van der Waals surface area contributed by atoms with Crippen molar-refractivity contribution in [3.63, 3.8) is 0 Å². The maximum absolute atomic E-state index is 11.8. The zero-order chi connectivity index (χ0) is 10.7. The van der Waals surface area contributed by atoms with Crippen LogP contribution in [0.3, 0.4) is 0 Å². The minimum Gasteiger partial charge on any atom is -0.380 e. The Kier molecular flexibility index (Phi) is 3.93. The SMILES string of the molecule is CO[C@H]1C[C@@H](C)N(C(=O)CC(C)C)C1. The van der Waals surface area contributed by atoms with E-state index >= 15 is 0 Å². The fraction of sp³-hybridized carbons (Fsp3) is 0.909. The molecule has 0 radical (unpaired) electrons. The first kappa shape index (κ1) is 11.5. The molecule has 0 saturated carbocycles. The largest absolute Gasteiger partial charge is 0.380 e. The summed E-state index contributed by atoms with van der Waals surface area (Å²) in [5.74, 6) is 0.711. The van der Waals surface area contributed by atoms with E-state index in [0.717, 1.165) is 13.0 Å². The molecule has 0 aromatic carbocycles. The summed E-state index contributed by atoms with van der Waals surface area (Å²) < 4.78 is 5.27. The standard InChI is InChI=1S/C11H21NO2/c1-8(2)5-11(13)12-7-10(14-4)6-9(12)3/h8-10H,5-7H2,1-4H3/t9-,10+/m1/s1. The molecular weight excluding hydrogens is 178 g/mol. The van der Waals surface area contributed by atoms with Gasteiger partial charge in [-0.2, -0.15) is 0 Å². The van der Waals surface area contributed by atoms with Crippen molar-refractivity contribution < 1.29 is 9.53 Å². The van der Waals surface area contributed by atoms with Crippen molar-refractivity contribution in [2.24, 2.45) is 5.92 Å². The molecule has 0 aliphatic carbocycles. The molecular formula is C11H21NO2. The number of methoxy groups -OCH3 is 1. The Morgan fingerprint density at radius 2 is 2.21 bits per heavy atom. The predicted molar refractivity (Wildman–Crippen MR) is 56.0 cm³/mol. The summed E-state index contributed by atoms with van der Waals surface area (Å²) >= 11 is 0. The molecule has 82 valence electrons. The Hall–Kier alpha value is -0.570. The third-order valence-electron chi connectivity index (χ3n) is 2.77. The van der Waals surface area contributed by atoms with E-state index in [0.29, 0.717) is 18.4 Å². The Morgan fingerprint density at radius 1 is 1.57 bits per heavy atom. The summed E-state index contributed by atoms with van der Waals surface area (Å²) in [6, 6.07) is 0.339. The van der Waals surface area contributed by atoms with E-state index in [2.05, 4.69) is 20.8 Å². The lowest BCUT2D eigenvalue weighted by Gasteiger charge is -2.22. The number of ether oxygens (including phenoxy) is 1. The lowest BCUT2D eigenvalue weighted by Crippen LogP contribution is -2.35. The normalized spacial score (nSPS) is 27.4. The average molecular weight is 199 g/mol. The first-order chi connectivity index (χ1) is 6.54. The van der Waals surface area contributed by atoms with Gasteiger partial charge >= 0.3 is 0 Å². The molecule has 1 aliphatic heterocycles. The average Bonchev–Trinajstić information content (AvgIpc) is 2.45. The van der Waals surface area contributed by atoms with Crippen LogP contribution in [0.5, 0.6) is 0 Å². The van der Waals surface area contributed by atoms with E-state index in [9.17, 15) is 4.79 Å². The van der Waals surface area contributed by atoms with Crippen LogP contribution in [-0.4, -0.2) is 36.6 Å². The van der Waals surface area contributed by atoms with Crippen LogP contribution in [0.2, 0.25) is 0 Å². The van der Waals surface area contributed by atoms with Gasteiger partial charge in [0.2, 0.25) is 5.91 Å². The van der Waals surface area contributed by atoms with Crippen LogP contribution in [-0.2, 0) is 9.53 Å². The molecule has 1 aliphatic rings. The Bertz CT molecular complexity index is 203. The molecule has 0 aromatic rings. The molecule has 1 fully saturated rings. The van der Waals surface area contributed by atoms with Crippen molar-refractivity contribution in [3.8, 4) is 0 Å². The van der Waals surface area contributed by atoms with Crippen molar-refractivity contribution in [3.05, 3.63) is 0 Å². The van der Waals surface area contributed by atoms with Gasteiger partial charge in [-0.25, -0.2) is 0 Å². The maximum Gasteiger partial charge on any atom is 0.223 e. The molecule has 1 amide bonds. The summed E-state index contributed by atoms with van der Waals surface area (Å²) in [4.78, 5) is 13.8. The fourth-order valence-corrected chi connectivity index (χ4v) is 1.97. The smallest absolute Gasteiger partial charge is 0.223 e. The van der Waals surface area contributed by atoms with Crippen LogP contribution < -0.4 is 0 Å². The fourth-order valence-electron chi connectivity index (χ4n) is 1.97. The van der Waals surface area contributed by atoms with Gasteiger partial charge in [-0.05, 0) is 19.3 Å².